The van der Waals surface area contributed by atoms with Crippen LogP contribution in [-0.4, -0.2) is 73.2 Å². The van der Waals surface area contributed by atoms with Gasteiger partial charge in [0.1, 0.15) is 6.04 Å². The van der Waals surface area contributed by atoms with Gasteiger partial charge in [0.05, 0.1) is 6.10 Å². The van der Waals surface area contributed by atoms with Crippen molar-refractivity contribution in [3.63, 3.8) is 0 Å². The fourth-order valence-electron chi connectivity index (χ4n) is 1.96. The summed E-state index contributed by atoms with van der Waals surface area (Å²) < 4.78 is 0. The number of carbonyl (C=O) groups excluding carboxylic acids is 1. The van der Waals surface area contributed by atoms with Gasteiger partial charge >= 0.3 is 0 Å². The average molecular weight is 243 g/mol. The molecular formula is C12H25N3O2. The summed E-state index contributed by atoms with van der Waals surface area (Å²) in [6.07, 6.45) is -0.370. The number of likely N-dealkylation sites (N-methyl/N-ethyl adjacent to an activating group) is 1. The van der Waals surface area contributed by atoms with Crippen LogP contribution in [0.2, 0.25) is 0 Å². The first kappa shape index (κ1) is 14.4. The molecule has 1 heterocycles. The van der Waals surface area contributed by atoms with E-state index in [1.165, 1.54) is 0 Å². The zero-order chi connectivity index (χ0) is 13.0. The van der Waals surface area contributed by atoms with Gasteiger partial charge in [-0.1, -0.05) is 13.8 Å². The fraction of sp³-hybridized carbons (Fsp3) is 0.917. The van der Waals surface area contributed by atoms with Gasteiger partial charge in [-0.15, -0.1) is 0 Å². The minimum Gasteiger partial charge on any atom is -0.392 e. The van der Waals surface area contributed by atoms with E-state index in [1.54, 1.807) is 19.0 Å². The standard InChI is InChI=1S/C12H25N3O2/c1-9(2)11(16)8-15-6-5-13-7-10(15)12(17)14(3)4/h9-11,13,16H,5-8H2,1-4H3. The van der Waals surface area contributed by atoms with Gasteiger partial charge in [-0.2, -0.15) is 0 Å². The van der Waals surface area contributed by atoms with E-state index in [4.69, 9.17) is 0 Å². The second-order valence-electron chi connectivity index (χ2n) is 5.26. The third-order valence-electron chi connectivity index (χ3n) is 3.27. The summed E-state index contributed by atoms with van der Waals surface area (Å²) in [4.78, 5) is 15.7. The first-order valence-electron chi connectivity index (χ1n) is 6.27. The van der Waals surface area contributed by atoms with Gasteiger partial charge in [-0.3, -0.25) is 9.69 Å². The second-order valence-corrected chi connectivity index (χ2v) is 5.26. The van der Waals surface area contributed by atoms with E-state index < -0.39 is 0 Å². The van der Waals surface area contributed by atoms with Crippen LogP contribution >= 0.6 is 0 Å². The number of β-amino-alcohol motifs (C(OH)–C–C–N with tert-alkyl or cyclic N) is 1. The Morgan fingerprint density at radius 1 is 1.53 bits per heavy atom. The van der Waals surface area contributed by atoms with Gasteiger partial charge < -0.3 is 15.3 Å². The first-order valence-corrected chi connectivity index (χ1v) is 6.27. The molecule has 1 amide bonds. The minimum atomic E-state index is -0.370. The SMILES string of the molecule is CC(C)C(O)CN1CCNCC1C(=O)N(C)C. The third-order valence-corrected chi connectivity index (χ3v) is 3.27. The van der Waals surface area contributed by atoms with Crippen molar-refractivity contribution in [3.05, 3.63) is 0 Å². The number of amides is 1. The molecule has 0 bridgehead atoms. The number of aliphatic hydroxyl groups excluding tert-OH is 1. The molecule has 1 saturated heterocycles. The van der Waals surface area contributed by atoms with Gasteiger partial charge in [0.25, 0.3) is 0 Å². The van der Waals surface area contributed by atoms with E-state index in [2.05, 4.69) is 10.2 Å². The molecule has 2 N–H and O–H groups in total. The lowest BCUT2D eigenvalue weighted by atomic mass is 10.0. The van der Waals surface area contributed by atoms with Gasteiger partial charge in [0.2, 0.25) is 5.91 Å². The minimum absolute atomic E-state index is 0.105. The van der Waals surface area contributed by atoms with Crippen LogP contribution in [0.5, 0.6) is 0 Å². The Morgan fingerprint density at radius 2 is 2.18 bits per heavy atom. The molecule has 5 heteroatoms. The molecule has 0 aromatic rings. The van der Waals surface area contributed by atoms with Crippen molar-refractivity contribution >= 4 is 5.91 Å². The van der Waals surface area contributed by atoms with Crippen molar-refractivity contribution in [1.82, 2.24) is 15.1 Å². The van der Waals surface area contributed by atoms with E-state index in [0.717, 1.165) is 13.1 Å². The van der Waals surface area contributed by atoms with Crippen molar-refractivity contribution in [2.24, 2.45) is 5.92 Å². The Kier molecular flexibility index (Phi) is 5.36. The number of carbonyl (C=O) groups is 1. The monoisotopic (exact) mass is 243 g/mol. The van der Waals surface area contributed by atoms with Crippen LogP contribution in [0.3, 0.4) is 0 Å². The summed E-state index contributed by atoms with van der Waals surface area (Å²) in [6.45, 7) is 6.92. The fourth-order valence-corrected chi connectivity index (χ4v) is 1.96. The summed E-state index contributed by atoms with van der Waals surface area (Å²) in [5.41, 5.74) is 0. The largest absolute Gasteiger partial charge is 0.392 e. The molecular weight excluding hydrogens is 218 g/mol. The smallest absolute Gasteiger partial charge is 0.240 e. The zero-order valence-corrected chi connectivity index (χ0v) is 11.3. The van der Waals surface area contributed by atoms with Crippen LogP contribution < -0.4 is 5.32 Å². The highest BCUT2D eigenvalue weighted by Crippen LogP contribution is 2.10. The highest BCUT2D eigenvalue weighted by atomic mass is 16.3. The summed E-state index contributed by atoms with van der Waals surface area (Å²) in [7, 11) is 3.54. The Labute approximate surface area is 104 Å². The van der Waals surface area contributed by atoms with Crippen LogP contribution in [0.25, 0.3) is 0 Å². The molecule has 0 aromatic carbocycles. The summed E-state index contributed by atoms with van der Waals surface area (Å²) in [6, 6.07) is -0.146. The number of piperazine rings is 1. The zero-order valence-electron chi connectivity index (χ0n) is 11.3. The number of aliphatic hydroxyl groups is 1. The molecule has 1 aliphatic heterocycles. The van der Waals surface area contributed by atoms with Gasteiger partial charge in [0, 0.05) is 40.3 Å². The molecule has 5 nitrogen and oxygen atoms in total. The molecule has 1 rings (SSSR count). The van der Waals surface area contributed by atoms with E-state index in [0.29, 0.717) is 13.1 Å². The summed E-state index contributed by atoms with van der Waals surface area (Å²) >= 11 is 0. The van der Waals surface area contributed by atoms with E-state index in [9.17, 15) is 9.90 Å². The van der Waals surface area contributed by atoms with Crippen molar-refractivity contribution in [2.75, 3.05) is 40.3 Å². The molecule has 1 aliphatic rings. The molecule has 0 saturated carbocycles. The number of hydrogen-bond donors (Lipinski definition) is 2. The number of nitrogens with one attached hydrogen (secondary N) is 1. The van der Waals surface area contributed by atoms with Crippen molar-refractivity contribution in [3.8, 4) is 0 Å². The van der Waals surface area contributed by atoms with Crippen LogP contribution in [0.4, 0.5) is 0 Å². The Hall–Kier alpha value is -0.650. The van der Waals surface area contributed by atoms with Gasteiger partial charge in [-0.05, 0) is 5.92 Å². The lowest BCUT2D eigenvalue weighted by Crippen LogP contribution is -2.59. The summed E-state index contributed by atoms with van der Waals surface area (Å²) in [5.74, 6) is 0.327. The highest BCUT2D eigenvalue weighted by Gasteiger charge is 2.31. The predicted octanol–water partition coefficient (Wildman–Crippen LogP) is -0.635. The first-order chi connectivity index (χ1) is 7.93. The molecule has 0 aromatic heterocycles. The maximum Gasteiger partial charge on any atom is 0.240 e. The van der Waals surface area contributed by atoms with Crippen LogP contribution in [0.1, 0.15) is 13.8 Å². The predicted molar refractivity (Wildman–Crippen MR) is 67.8 cm³/mol. The van der Waals surface area contributed by atoms with Gasteiger partial charge in [-0.25, -0.2) is 0 Å². The van der Waals surface area contributed by atoms with Crippen LogP contribution in [0, 0.1) is 5.92 Å². The Balaban J connectivity index is 2.63. The lowest BCUT2D eigenvalue weighted by Gasteiger charge is -2.38. The normalized spacial score (nSPS) is 23.8. The molecule has 0 radical (unpaired) electrons. The molecule has 2 atom stereocenters. The van der Waals surface area contributed by atoms with Crippen molar-refractivity contribution in [1.29, 1.82) is 0 Å². The maximum atomic E-state index is 12.0. The highest BCUT2D eigenvalue weighted by molar-refractivity contribution is 5.81. The quantitative estimate of drug-likeness (QED) is 0.690. The second kappa shape index (κ2) is 6.33. The maximum absolute atomic E-state index is 12.0. The topological polar surface area (TPSA) is 55.8 Å². The molecule has 100 valence electrons. The lowest BCUT2D eigenvalue weighted by molar-refractivity contribution is -0.135. The summed E-state index contributed by atoms with van der Waals surface area (Å²) in [5, 5.41) is 13.2. The van der Waals surface area contributed by atoms with E-state index in [-0.39, 0.29) is 24.0 Å². The number of rotatable bonds is 4. The Bertz CT molecular complexity index is 256. The molecule has 1 fully saturated rings. The number of nitrogens with zero attached hydrogens (tertiary/aromatic N) is 2. The third kappa shape index (κ3) is 3.94. The molecule has 0 spiro atoms. The van der Waals surface area contributed by atoms with Crippen LogP contribution in [0.15, 0.2) is 0 Å². The van der Waals surface area contributed by atoms with Crippen molar-refractivity contribution in [2.45, 2.75) is 26.0 Å². The Morgan fingerprint density at radius 3 is 2.71 bits per heavy atom. The van der Waals surface area contributed by atoms with Crippen molar-refractivity contribution < 1.29 is 9.90 Å². The molecule has 2 unspecified atom stereocenters. The average Bonchev–Trinajstić information content (AvgIpc) is 2.28. The van der Waals surface area contributed by atoms with Crippen LogP contribution in [-0.2, 0) is 4.79 Å². The number of hydrogen-bond acceptors (Lipinski definition) is 4. The molecule has 17 heavy (non-hydrogen) atoms. The van der Waals surface area contributed by atoms with E-state index in [1.807, 2.05) is 13.8 Å². The van der Waals surface area contributed by atoms with Gasteiger partial charge in [0.15, 0.2) is 0 Å². The van der Waals surface area contributed by atoms with E-state index >= 15 is 0 Å². The molecule has 0 aliphatic carbocycles.